The number of rotatable bonds is 13. The van der Waals surface area contributed by atoms with Gasteiger partial charge in [-0.2, -0.15) is 0 Å². The van der Waals surface area contributed by atoms with Crippen LogP contribution in [0.15, 0.2) is 66.7 Å². The summed E-state index contributed by atoms with van der Waals surface area (Å²) in [5, 5.41) is 20.9. The Morgan fingerprint density at radius 3 is 2.31 bits per heavy atom. The molecule has 3 aromatic rings. The van der Waals surface area contributed by atoms with Crippen LogP contribution in [0.1, 0.15) is 76.1 Å². The number of aryl methyl sites for hydroxylation is 1. The number of carbonyl (C=O) groups excluding carboxylic acids is 1. The molecule has 3 aromatic carbocycles. The summed E-state index contributed by atoms with van der Waals surface area (Å²) < 4.78 is 5.76. The van der Waals surface area contributed by atoms with Crippen molar-refractivity contribution in [2.45, 2.75) is 78.7 Å². The van der Waals surface area contributed by atoms with Crippen molar-refractivity contribution in [3.63, 3.8) is 0 Å². The van der Waals surface area contributed by atoms with Crippen LogP contribution in [0, 0.1) is 5.41 Å². The highest BCUT2D eigenvalue weighted by Crippen LogP contribution is 2.28. The summed E-state index contributed by atoms with van der Waals surface area (Å²) in [7, 11) is 0. The minimum Gasteiger partial charge on any atom is -0.493 e. The summed E-state index contributed by atoms with van der Waals surface area (Å²) in [5.74, 6) is 0.0186. The van der Waals surface area contributed by atoms with Crippen molar-refractivity contribution in [2.24, 2.45) is 0 Å². The van der Waals surface area contributed by atoms with Crippen molar-refractivity contribution in [1.82, 2.24) is 10.2 Å². The molecule has 0 atom stereocenters. The Labute approximate surface area is 250 Å². The van der Waals surface area contributed by atoms with E-state index in [4.69, 9.17) is 10.1 Å². The maximum absolute atomic E-state index is 12.9. The molecule has 0 fully saturated rings. The minimum absolute atomic E-state index is 0.0810. The van der Waals surface area contributed by atoms with Gasteiger partial charge in [0.2, 0.25) is 0 Å². The molecular formula is C35H45N3O4. The van der Waals surface area contributed by atoms with E-state index < -0.39 is 5.97 Å². The van der Waals surface area contributed by atoms with Gasteiger partial charge in [0.05, 0.1) is 13.0 Å². The van der Waals surface area contributed by atoms with Gasteiger partial charge >= 0.3 is 12.0 Å². The Kier molecular flexibility index (Phi) is 11.7. The highest BCUT2D eigenvalue weighted by Gasteiger charge is 2.17. The number of urea groups is 1. The molecule has 7 nitrogen and oxygen atoms in total. The van der Waals surface area contributed by atoms with Gasteiger partial charge in [0.1, 0.15) is 11.6 Å². The Hall–Kier alpha value is -4.13. The van der Waals surface area contributed by atoms with Crippen molar-refractivity contribution < 1.29 is 19.4 Å². The number of amides is 2. The lowest BCUT2D eigenvalue weighted by Crippen LogP contribution is -2.43. The quantitative estimate of drug-likeness (QED) is 0.145. The lowest BCUT2D eigenvalue weighted by atomic mass is 9.87. The van der Waals surface area contributed by atoms with E-state index in [1.807, 2.05) is 56.3 Å². The molecule has 0 aliphatic rings. The lowest BCUT2D eigenvalue weighted by Gasteiger charge is -2.22. The second kappa shape index (κ2) is 15.2. The minimum atomic E-state index is -0.894. The van der Waals surface area contributed by atoms with Gasteiger partial charge in [-0.1, -0.05) is 82.3 Å². The van der Waals surface area contributed by atoms with Crippen LogP contribution in [0.4, 0.5) is 4.79 Å². The molecule has 0 saturated carbocycles. The van der Waals surface area contributed by atoms with Crippen LogP contribution in [0.3, 0.4) is 0 Å². The zero-order chi connectivity index (χ0) is 30.7. The molecule has 0 heterocycles. The number of benzene rings is 3. The summed E-state index contributed by atoms with van der Waals surface area (Å²) in [6.45, 7) is 11.8. The van der Waals surface area contributed by atoms with E-state index in [0.717, 1.165) is 41.5 Å². The van der Waals surface area contributed by atoms with Crippen LogP contribution >= 0.6 is 0 Å². The number of carbonyl (C=O) groups is 2. The number of nitrogens with one attached hydrogen (secondary N) is 2. The molecule has 0 saturated heterocycles. The van der Waals surface area contributed by atoms with Crippen LogP contribution in [0.5, 0.6) is 5.75 Å². The number of ether oxygens (including phenoxy) is 1. The van der Waals surface area contributed by atoms with Gasteiger partial charge in [-0.05, 0) is 71.6 Å². The Morgan fingerprint density at radius 2 is 1.67 bits per heavy atom. The van der Waals surface area contributed by atoms with Crippen LogP contribution in [0.25, 0.3) is 11.1 Å². The molecule has 0 radical (unpaired) electrons. The fourth-order valence-corrected chi connectivity index (χ4v) is 4.77. The Bertz CT molecular complexity index is 1360. The van der Waals surface area contributed by atoms with Gasteiger partial charge in [-0.25, -0.2) is 4.79 Å². The fourth-order valence-electron chi connectivity index (χ4n) is 4.77. The molecule has 0 aliphatic heterocycles. The van der Waals surface area contributed by atoms with Crippen molar-refractivity contribution in [2.75, 3.05) is 13.2 Å². The molecule has 3 N–H and O–H groups in total. The first-order valence-corrected chi connectivity index (χ1v) is 14.8. The first-order valence-electron chi connectivity index (χ1n) is 14.8. The summed E-state index contributed by atoms with van der Waals surface area (Å²) in [6.07, 6.45) is 2.72. The highest BCUT2D eigenvalue weighted by atomic mass is 16.5. The van der Waals surface area contributed by atoms with Gasteiger partial charge in [0.25, 0.3) is 0 Å². The first kappa shape index (κ1) is 32.4. The van der Waals surface area contributed by atoms with E-state index >= 15 is 0 Å². The third-order valence-corrected chi connectivity index (χ3v) is 7.15. The fraction of sp³-hybridized carbons (Fsp3) is 0.400. The van der Waals surface area contributed by atoms with E-state index in [1.54, 1.807) is 0 Å². The zero-order valence-electron chi connectivity index (χ0n) is 25.6. The average Bonchev–Trinajstić information content (AvgIpc) is 2.95. The van der Waals surface area contributed by atoms with Crippen LogP contribution in [-0.4, -0.2) is 41.0 Å². The third kappa shape index (κ3) is 9.47. The Morgan fingerprint density at radius 1 is 0.952 bits per heavy atom. The second-order valence-corrected chi connectivity index (χ2v) is 11.6. The van der Waals surface area contributed by atoms with Crippen LogP contribution < -0.4 is 10.1 Å². The largest absolute Gasteiger partial charge is 0.493 e. The molecule has 0 aromatic heterocycles. The molecule has 42 heavy (non-hydrogen) atoms. The summed E-state index contributed by atoms with van der Waals surface area (Å²) >= 11 is 0. The Balaban J connectivity index is 1.57. The van der Waals surface area contributed by atoms with E-state index in [9.17, 15) is 14.7 Å². The summed E-state index contributed by atoms with van der Waals surface area (Å²) in [5.41, 5.74) is 6.07. The van der Waals surface area contributed by atoms with Gasteiger partial charge < -0.3 is 15.2 Å². The lowest BCUT2D eigenvalue weighted by molar-refractivity contribution is -0.136. The van der Waals surface area contributed by atoms with Crippen molar-refractivity contribution in [3.05, 3.63) is 89.0 Å². The number of hydrogen-bond donors (Lipinski definition) is 3. The molecule has 0 aliphatic carbocycles. The molecule has 0 spiro atoms. The molecule has 224 valence electrons. The number of nitrogens with zero attached hydrogens (tertiary/aromatic N) is 1. The van der Waals surface area contributed by atoms with E-state index in [2.05, 4.69) is 50.4 Å². The second-order valence-electron chi connectivity index (χ2n) is 11.6. The third-order valence-electron chi connectivity index (χ3n) is 7.15. The van der Waals surface area contributed by atoms with Crippen LogP contribution in [-0.2, 0) is 29.6 Å². The maximum atomic E-state index is 12.9. The predicted octanol–water partition coefficient (Wildman–Crippen LogP) is 7.60. The smallest absolute Gasteiger partial charge is 0.323 e. The summed E-state index contributed by atoms with van der Waals surface area (Å²) in [6, 6.07) is 21.9. The molecule has 0 bridgehead atoms. The van der Waals surface area contributed by atoms with Gasteiger partial charge in [-0.3, -0.25) is 15.1 Å². The predicted molar refractivity (Wildman–Crippen MR) is 169 cm³/mol. The van der Waals surface area contributed by atoms with E-state index in [1.165, 1.54) is 10.5 Å². The van der Waals surface area contributed by atoms with Crippen molar-refractivity contribution >= 4 is 17.8 Å². The number of aliphatic carboxylic acids is 1. The SMILES string of the molecule is CCCOc1ccc(-c2cccc(CCCC(=N)N(CC)C(=O)NCc3ccc(C(C)(C)C)cc3)c2)cc1CC(=O)O. The molecular weight excluding hydrogens is 526 g/mol. The zero-order valence-corrected chi connectivity index (χ0v) is 25.6. The maximum Gasteiger partial charge on any atom is 0.323 e. The van der Waals surface area contributed by atoms with Crippen molar-refractivity contribution in [1.29, 1.82) is 5.41 Å². The highest BCUT2D eigenvalue weighted by molar-refractivity contribution is 5.95. The molecule has 2 amide bonds. The summed E-state index contributed by atoms with van der Waals surface area (Å²) in [4.78, 5) is 25.8. The molecule has 3 rings (SSSR count). The van der Waals surface area contributed by atoms with Gasteiger partial charge in [0, 0.05) is 25.1 Å². The normalized spacial score (nSPS) is 11.2. The number of hydrogen-bond acceptors (Lipinski definition) is 4. The number of amidine groups is 1. The van der Waals surface area contributed by atoms with Gasteiger partial charge in [-0.15, -0.1) is 0 Å². The topological polar surface area (TPSA) is 103 Å². The molecule has 0 unspecified atom stereocenters. The van der Waals surface area contributed by atoms with E-state index in [0.29, 0.717) is 43.3 Å². The molecule has 7 heteroatoms. The standard InChI is InChI=1S/C35H45N3O4/c1-6-20-42-31-19-16-28(22-29(31)23-33(39)40)27-12-8-10-25(21-27)11-9-13-32(36)38(7-2)34(41)37-24-26-14-17-30(18-15-26)35(3,4)5/h8,10,12,14-19,21-22,36H,6-7,9,11,13,20,23-24H2,1-5H3,(H,37,41)(H,39,40). The van der Waals surface area contributed by atoms with E-state index in [-0.39, 0.29) is 17.9 Å². The first-order chi connectivity index (χ1) is 20.0. The van der Waals surface area contributed by atoms with Crippen molar-refractivity contribution in [3.8, 4) is 16.9 Å². The number of carboxylic acid groups (broad SMARTS) is 1. The number of carboxylic acids is 1. The van der Waals surface area contributed by atoms with Gasteiger partial charge in [0.15, 0.2) is 0 Å². The van der Waals surface area contributed by atoms with Crippen LogP contribution in [0.2, 0.25) is 0 Å². The average molecular weight is 572 g/mol. The monoisotopic (exact) mass is 571 g/mol.